The van der Waals surface area contributed by atoms with Crippen LogP contribution in [0.25, 0.3) is 0 Å². The molecule has 1 aromatic carbocycles. The molecule has 0 fully saturated rings. The first-order valence-corrected chi connectivity index (χ1v) is 7.25. The Labute approximate surface area is 144 Å². The molecule has 1 aliphatic heterocycles. The molecule has 8 heteroatoms. The summed E-state index contributed by atoms with van der Waals surface area (Å²) in [5.74, 6) is -0.857. The maximum Gasteiger partial charge on any atom is 0.330 e. The largest absolute Gasteiger partial charge is 0.466 e. The molecule has 2 atom stereocenters. The van der Waals surface area contributed by atoms with E-state index in [4.69, 9.17) is 10.1 Å². The first kappa shape index (κ1) is 18.2. The van der Waals surface area contributed by atoms with Crippen LogP contribution in [0.1, 0.15) is 5.56 Å². The first-order valence-electron chi connectivity index (χ1n) is 7.25. The highest BCUT2D eigenvalue weighted by atomic mass is 17.1. The number of hydroxylamine groups is 2. The average molecular weight is 341 g/mol. The molecule has 8 nitrogen and oxygen atoms in total. The minimum atomic E-state index is -1.01. The molecule has 25 heavy (non-hydrogen) atoms. The molecule has 1 heterocycles. The van der Waals surface area contributed by atoms with Crippen molar-refractivity contribution < 1.29 is 24.5 Å². The van der Waals surface area contributed by atoms with Gasteiger partial charge in [-0.1, -0.05) is 41.5 Å². The zero-order chi connectivity index (χ0) is 18.2. The van der Waals surface area contributed by atoms with Crippen LogP contribution in [0.3, 0.4) is 0 Å². The van der Waals surface area contributed by atoms with Crippen molar-refractivity contribution in [2.24, 2.45) is 0 Å². The molecule has 0 spiro atoms. The number of nitrogens with zero attached hydrogens (tertiary/aromatic N) is 3. The molecule has 1 aliphatic rings. The molecule has 0 aromatic heterocycles. The van der Waals surface area contributed by atoms with E-state index in [1.165, 1.54) is 13.2 Å². The molecule has 1 N–H and O–H groups in total. The SMILES string of the molecule is COC(=O)/C=C/C1C(C#N)=C(C#N)ON1C(Cc1ccccc1)OO. The molecule has 0 saturated heterocycles. The lowest BCUT2D eigenvalue weighted by Gasteiger charge is -2.27. The number of nitriles is 2. The van der Waals surface area contributed by atoms with E-state index in [2.05, 4.69) is 9.62 Å². The minimum absolute atomic E-state index is 0.00207. The van der Waals surface area contributed by atoms with E-state index in [1.54, 1.807) is 6.07 Å². The predicted octanol–water partition coefficient (Wildman–Crippen LogP) is 1.69. The molecular weight excluding hydrogens is 326 g/mol. The predicted molar refractivity (Wildman–Crippen MR) is 83.8 cm³/mol. The van der Waals surface area contributed by atoms with E-state index >= 15 is 0 Å². The molecule has 0 amide bonds. The highest BCUT2D eigenvalue weighted by molar-refractivity contribution is 5.82. The quantitative estimate of drug-likeness (QED) is 0.360. The maximum absolute atomic E-state index is 11.3. The van der Waals surface area contributed by atoms with Gasteiger partial charge in [-0.25, -0.2) is 9.68 Å². The van der Waals surface area contributed by atoms with Crippen LogP contribution in [-0.4, -0.2) is 35.7 Å². The van der Waals surface area contributed by atoms with Crippen molar-refractivity contribution >= 4 is 5.97 Å². The van der Waals surface area contributed by atoms with Gasteiger partial charge in [0.05, 0.1) is 7.11 Å². The van der Waals surface area contributed by atoms with Gasteiger partial charge in [-0.15, -0.1) is 0 Å². The van der Waals surface area contributed by atoms with Crippen LogP contribution in [0, 0.1) is 22.7 Å². The maximum atomic E-state index is 11.3. The second-order valence-corrected chi connectivity index (χ2v) is 4.99. The monoisotopic (exact) mass is 341 g/mol. The van der Waals surface area contributed by atoms with Gasteiger partial charge in [-0.05, 0) is 5.56 Å². The van der Waals surface area contributed by atoms with Crippen LogP contribution >= 0.6 is 0 Å². The fourth-order valence-corrected chi connectivity index (χ4v) is 2.32. The van der Waals surface area contributed by atoms with Crippen molar-refractivity contribution in [3.05, 3.63) is 59.4 Å². The van der Waals surface area contributed by atoms with Gasteiger partial charge in [0, 0.05) is 12.5 Å². The number of ether oxygens (including phenoxy) is 1. The van der Waals surface area contributed by atoms with Gasteiger partial charge in [0.15, 0.2) is 6.23 Å². The number of esters is 1. The Morgan fingerprint density at radius 1 is 1.40 bits per heavy atom. The Morgan fingerprint density at radius 3 is 2.68 bits per heavy atom. The third-order valence-electron chi connectivity index (χ3n) is 3.51. The molecule has 0 radical (unpaired) electrons. The van der Waals surface area contributed by atoms with Crippen LogP contribution in [0.15, 0.2) is 53.8 Å². The topological polar surface area (TPSA) is 116 Å². The van der Waals surface area contributed by atoms with Gasteiger partial charge in [0.1, 0.15) is 23.8 Å². The summed E-state index contributed by atoms with van der Waals surface area (Å²) in [6, 6.07) is 11.9. The summed E-state index contributed by atoms with van der Waals surface area (Å²) >= 11 is 0. The number of hydrogen-bond donors (Lipinski definition) is 1. The number of methoxy groups -OCH3 is 1. The zero-order valence-corrected chi connectivity index (χ0v) is 13.3. The van der Waals surface area contributed by atoms with Crippen LogP contribution in [0.5, 0.6) is 0 Å². The number of carbonyl (C=O) groups is 1. The van der Waals surface area contributed by atoms with E-state index in [0.29, 0.717) is 0 Å². The first-order chi connectivity index (χ1) is 12.1. The Kier molecular flexibility index (Phi) is 6.26. The summed E-state index contributed by atoms with van der Waals surface area (Å²) in [7, 11) is 1.21. The van der Waals surface area contributed by atoms with E-state index in [9.17, 15) is 15.3 Å². The number of benzene rings is 1. The fourth-order valence-electron chi connectivity index (χ4n) is 2.32. The molecule has 0 saturated carbocycles. The highest BCUT2D eigenvalue weighted by Gasteiger charge is 2.39. The Balaban J connectivity index is 2.30. The Hall–Kier alpha value is -3.17. The lowest BCUT2D eigenvalue weighted by atomic mass is 10.1. The third-order valence-corrected chi connectivity index (χ3v) is 3.51. The summed E-state index contributed by atoms with van der Waals surface area (Å²) in [6.45, 7) is 0. The molecular formula is C17H15N3O5. The molecule has 0 aliphatic carbocycles. The standard InChI is InChI=1S/C17H15N3O5/c1-23-17(21)8-7-14-13(10-18)15(11-19)24-20(14)16(25-22)9-12-5-3-2-4-6-12/h2-8,14,16,22H,9H2,1H3/b8-7+. The van der Waals surface area contributed by atoms with Crippen molar-refractivity contribution in [2.75, 3.05) is 7.11 Å². The van der Waals surface area contributed by atoms with Crippen molar-refractivity contribution in [3.8, 4) is 12.1 Å². The van der Waals surface area contributed by atoms with E-state index in [1.807, 2.05) is 36.4 Å². The highest BCUT2D eigenvalue weighted by Crippen LogP contribution is 2.30. The van der Waals surface area contributed by atoms with Crippen molar-refractivity contribution in [2.45, 2.75) is 18.7 Å². The van der Waals surface area contributed by atoms with Crippen LogP contribution in [0.4, 0.5) is 0 Å². The van der Waals surface area contributed by atoms with Gasteiger partial charge in [-0.2, -0.15) is 10.5 Å². The van der Waals surface area contributed by atoms with Gasteiger partial charge in [0.25, 0.3) is 0 Å². The summed E-state index contributed by atoms with van der Waals surface area (Å²) in [5.41, 5.74) is 0.836. The van der Waals surface area contributed by atoms with Gasteiger partial charge in [0.2, 0.25) is 5.76 Å². The minimum Gasteiger partial charge on any atom is -0.466 e. The number of hydrogen-bond acceptors (Lipinski definition) is 8. The Bertz CT molecular complexity index is 761. The molecule has 2 rings (SSSR count). The number of rotatable bonds is 6. The molecule has 0 bridgehead atoms. The second kappa shape index (κ2) is 8.62. The fraction of sp³-hybridized carbons (Fsp3) is 0.235. The van der Waals surface area contributed by atoms with Crippen LogP contribution in [-0.2, 0) is 25.7 Å². The Morgan fingerprint density at radius 2 is 2.12 bits per heavy atom. The summed E-state index contributed by atoms with van der Waals surface area (Å²) in [5, 5.41) is 28.9. The molecule has 2 unspecified atom stereocenters. The molecule has 1 aromatic rings. The number of carbonyl (C=O) groups excluding carboxylic acids is 1. The van der Waals surface area contributed by atoms with E-state index in [-0.39, 0.29) is 17.8 Å². The van der Waals surface area contributed by atoms with Gasteiger partial charge >= 0.3 is 5.97 Å². The lowest BCUT2D eigenvalue weighted by molar-refractivity contribution is -0.358. The van der Waals surface area contributed by atoms with Crippen LogP contribution in [0.2, 0.25) is 0 Å². The zero-order valence-electron chi connectivity index (χ0n) is 13.3. The second-order valence-electron chi connectivity index (χ2n) is 4.99. The lowest BCUT2D eigenvalue weighted by Crippen LogP contribution is -2.41. The third kappa shape index (κ3) is 4.22. The summed E-state index contributed by atoms with van der Waals surface area (Å²) < 4.78 is 4.52. The average Bonchev–Trinajstić information content (AvgIpc) is 3.02. The smallest absolute Gasteiger partial charge is 0.330 e. The summed E-state index contributed by atoms with van der Waals surface area (Å²) in [6.07, 6.45) is 1.66. The number of allylic oxidation sites excluding steroid dienone is 1. The normalized spacial score (nSPS) is 18.5. The van der Waals surface area contributed by atoms with Crippen molar-refractivity contribution in [3.63, 3.8) is 0 Å². The van der Waals surface area contributed by atoms with E-state index < -0.39 is 18.2 Å². The summed E-state index contributed by atoms with van der Waals surface area (Å²) in [4.78, 5) is 21.2. The van der Waals surface area contributed by atoms with Gasteiger partial charge < -0.3 is 9.57 Å². The van der Waals surface area contributed by atoms with Crippen molar-refractivity contribution in [1.29, 1.82) is 10.5 Å². The van der Waals surface area contributed by atoms with Crippen molar-refractivity contribution in [1.82, 2.24) is 5.06 Å². The molecule has 128 valence electrons. The van der Waals surface area contributed by atoms with E-state index in [0.717, 1.165) is 16.7 Å². The van der Waals surface area contributed by atoms with Crippen LogP contribution < -0.4 is 0 Å². The van der Waals surface area contributed by atoms with Gasteiger partial charge in [-0.3, -0.25) is 5.26 Å².